The van der Waals surface area contributed by atoms with Gasteiger partial charge >= 0.3 is 12.0 Å². The minimum Gasteiger partial charge on any atom is -0.480 e. The van der Waals surface area contributed by atoms with Crippen LogP contribution in [-0.2, 0) is 4.79 Å². The molecule has 0 radical (unpaired) electrons. The Morgan fingerprint density at radius 3 is 2.40 bits per heavy atom. The van der Waals surface area contributed by atoms with Crippen LogP contribution in [0.3, 0.4) is 0 Å². The number of rotatable bonds is 4. The number of likely N-dealkylation sites (N-methyl/N-ethyl adjacent to an activating group) is 1. The van der Waals surface area contributed by atoms with Crippen LogP contribution in [0, 0.1) is 5.92 Å². The van der Waals surface area contributed by atoms with Crippen LogP contribution < -0.4 is 5.32 Å². The molecular formula is C14H27N3O3. The summed E-state index contributed by atoms with van der Waals surface area (Å²) in [6.07, 6.45) is 0.714. The average Bonchev–Trinajstić information content (AvgIpc) is 2.37. The highest BCUT2D eigenvalue weighted by atomic mass is 16.4. The molecule has 6 nitrogen and oxygen atoms in total. The number of nitrogens with one attached hydrogen (secondary N) is 1. The first-order chi connectivity index (χ1) is 9.19. The number of aliphatic carboxylic acids is 1. The normalized spacial score (nSPS) is 22.1. The molecule has 2 amide bonds. The summed E-state index contributed by atoms with van der Waals surface area (Å²) in [4.78, 5) is 27.4. The van der Waals surface area contributed by atoms with Crippen molar-refractivity contribution < 1.29 is 14.7 Å². The average molecular weight is 285 g/mol. The number of hydrogen-bond acceptors (Lipinski definition) is 3. The smallest absolute Gasteiger partial charge is 0.326 e. The van der Waals surface area contributed by atoms with Crippen LogP contribution in [0.25, 0.3) is 0 Å². The number of hydrogen-bond donors (Lipinski definition) is 2. The second-order valence-electron chi connectivity index (χ2n) is 6.31. The standard InChI is InChI=1S/C14H27N3O3/c1-6-10(2)11(12(18)19)15-13(20)17-8-7-16(5)14(3,4)9-17/h10-11H,6-9H2,1-5H3,(H,15,20)(H,18,19)/t10-,11-/m0/s1. The van der Waals surface area contributed by atoms with Crippen LogP contribution in [0.1, 0.15) is 34.1 Å². The first kappa shape index (κ1) is 16.8. The summed E-state index contributed by atoms with van der Waals surface area (Å²) in [5, 5.41) is 11.9. The monoisotopic (exact) mass is 285 g/mol. The van der Waals surface area contributed by atoms with Gasteiger partial charge in [-0.25, -0.2) is 9.59 Å². The Bertz CT molecular complexity index is 371. The number of carbonyl (C=O) groups excluding carboxylic acids is 1. The molecule has 0 bridgehead atoms. The van der Waals surface area contributed by atoms with Crippen molar-refractivity contribution in [2.24, 2.45) is 5.92 Å². The summed E-state index contributed by atoms with van der Waals surface area (Å²) in [6, 6.07) is -1.10. The van der Waals surface area contributed by atoms with Gasteiger partial charge in [0.05, 0.1) is 0 Å². The molecule has 1 heterocycles. The molecule has 1 aliphatic heterocycles. The van der Waals surface area contributed by atoms with Crippen LogP contribution in [0.5, 0.6) is 0 Å². The lowest BCUT2D eigenvalue weighted by Crippen LogP contribution is -2.62. The minimum absolute atomic E-state index is 0.0862. The third-order valence-corrected chi connectivity index (χ3v) is 4.36. The van der Waals surface area contributed by atoms with Gasteiger partial charge in [-0.1, -0.05) is 20.3 Å². The number of amides is 2. The molecule has 0 saturated carbocycles. The van der Waals surface area contributed by atoms with E-state index in [4.69, 9.17) is 0 Å². The van der Waals surface area contributed by atoms with Crippen molar-refractivity contribution in [1.82, 2.24) is 15.1 Å². The molecule has 1 saturated heterocycles. The van der Waals surface area contributed by atoms with Gasteiger partial charge in [-0.15, -0.1) is 0 Å². The maximum atomic E-state index is 12.3. The van der Waals surface area contributed by atoms with Crippen molar-refractivity contribution >= 4 is 12.0 Å². The first-order valence-corrected chi connectivity index (χ1v) is 7.18. The van der Waals surface area contributed by atoms with Crippen LogP contribution in [0.4, 0.5) is 4.79 Å². The van der Waals surface area contributed by atoms with Crippen molar-refractivity contribution in [3.8, 4) is 0 Å². The Morgan fingerprint density at radius 1 is 1.35 bits per heavy atom. The Hall–Kier alpha value is -1.30. The fourth-order valence-electron chi connectivity index (χ4n) is 2.32. The van der Waals surface area contributed by atoms with Crippen LogP contribution in [0.2, 0.25) is 0 Å². The molecule has 0 aromatic carbocycles. The van der Waals surface area contributed by atoms with Crippen LogP contribution in [0.15, 0.2) is 0 Å². The molecule has 1 rings (SSSR count). The van der Waals surface area contributed by atoms with E-state index in [9.17, 15) is 14.7 Å². The molecule has 20 heavy (non-hydrogen) atoms. The molecule has 2 N–H and O–H groups in total. The summed E-state index contributed by atoms with van der Waals surface area (Å²) >= 11 is 0. The lowest BCUT2D eigenvalue weighted by atomic mass is 9.98. The number of nitrogens with zero attached hydrogens (tertiary/aromatic N) is 2. The quantitative estimate of drug-likeness (QED) is 0.814. The van der Waals surface area contributed by atoms with E-state index in [1.165, 1.54) is 0 Å². The van der Waals surface area contributed by atoms with Crippen molar-refractivity contribution in [2.45, 2.75) is 45.7 Å². The summed E-state index contributed by atoms with van der Waals surface area (Å²) in [7, 11) is 2.04. The Labute approximate surface area is 121 Å². The maximum Gasteiger partial charge on any atom is 0.326 e. The molecular weight excluding hydrogens is 258 g/mol. The first-order valence-electron chi connectivity index (χ1n) is 7.18. The Morgan fingerprint density at radius 2 is 1.95 bits per heavy atom. The highest BCUT2D eigenvalue weighted by molar-refractivity contribution is 5.82. The summed E-state index contributed by atoms with van der Waals surface area (Å²) in [6.45, 7) is 9.94. The second-order valence-corrected chi connectivity index (χ2v) is 6.31. The molecule has 1 aliphatic rings. The van der Waals surface area contributed by atoms with Gasteiger partial charge in [-0.3, -0.25) is 4.90 Å². The van der Waals surface area contributed by atoms with E-state index in [1.807, 2.05) is 20.9 Å². The largest absolute Gasteiger partial charge is 0.480 e. The molecule has 0 aromatic rings. The maximum absolute atomic E-state index is 12.3. The molecule has 0 unspecified atom stereocenters. The van der Waals surface area contributed by atoms with Gasteiger partial charge in [-0.05, 0) is 26.8 Å². The van der Waals surface area contributed by atoms with Gasteiger partial charge in [0, 0.05) is 25.2 Å². The molecule has 0 aromatic heterocycles. The molecule has 116 valence electrons. The van der Waals surface area contributed by atoms with E-state index >= 15 is 0 Å². The summed E-state index contributed by atoms with van der Waals surface area (Å²) in [5.41, 5.74) is -0.0926. The third-order valence-electron chi connectivity index (χ3n) is 4.36. The van der Waals surface area contributed by atoms with E-state index in [0.29, 0.717) is 19.5 Å². The van der Waals surface area contributed by atoms with Crippen molar-refractivity contribution in [2.75, 3.05) is 26.7 Å². The van der Waals surface area contributed by atoms with Gasteiger partial charge in [0.15, 0.2) is 0 Å². The van der Waals surface area contributed by atoms with Gasteiger partial charge in [0.2, 0.25) is 0 Å². The molecule has 0 spiro atoms. The summed E-state index contributed by atoms with van der Waals surface area (Å²) in [5.74, 6) is -1.06. The topological polar surface area (TPSA) is 72.9 Å². The molecule has 2 atom stereocenters. The lowest BCUT2D eigenvalue weighted by molar-refractivity contribution is -0.140. The van der Waals surface area contributed by atoms with E-state index in [-0.39, 0.29) is 17.5 Å². The van der Waals surface area contributed by atoms with E-state index in [2.05, 4.69) is 24.1 Å². The van der Waals surface area contributed by atoms with E-state index in [1.54, 1.807) is 4.90 Å². The molecule has 1 fully saturated rings. The fourth-order valence-corrected chi connectivity index (χ4v) is 2.32. The zero-order valence-corrected chi connectivity index (χ0v) is 13.1. The minimum atomic E-state index is -0.971. The predicted octanol–water partition coefficient (Wildman–Crippen LogP) is 1.22. The molecule has 0 aliphatic carbocycles. The Kier molecular flexibility index (Phi) is 5.39. The lowest BCUT2D eigenvalue weighted by Gasteiger charge is -2.45. The predicted molar refractivity (Wildman–Crippen MR) is 77.7 cm³/mol. The highest BCUT2D eigenvalue weighted by Crippen LogP contribution is 2.19. The highest BCUT2D eigenvalue weighted by Gasteiger charge is 2.35. The van der Waals surface area contributed by atoms with Crippen molar-refractivity contribution in [3.63, 3.8) is 0 Å². The SMILES string of the molecule is CC[C@H](C)[C@H](NC(=O)N1CCN(C)C(C)(C)C1)C(=O)O. The van der Waals surface area contributed by atoms with Gasteiger partial charge in [-0.2, -0.15) is 0 Å². The summed E-state index contributed by atoms with van der Waals surface area (Å²) < 4.78 is 0. The zero-order chi connectivity index (χ0) is 15.5. The number of carboxylic acids is 1. The van der Waals surface area contributed by atoms with Crippen molar-refractivity contribution in [3.05, 3.63) is 0 Å². The van der Waals surface area contributed by atoms with Gasteiger partial charge < -0.3 is 15.3 Å². The second kappa shape index (κ2) is 6.43. The van der Waals surface area contributed by atoms with Crippen LogP contribution in [-0.4, -0.2) is 65.2 Å². The molecule has 6 heteroatoms. The van der Waals surface area contributed by atoms with Gasteiger partial charge in [0.1, 0.15) is 6.04 Å². The number of piperazine rings is 1. The third kappa shape index (κ3) is 3.85. The van der Waals surface area contributed by atoms with Gasteiger partial charge in [0.25, 0.3) is 0 Å². The van der Waals surface area contributed by atoms with Crippen molar-refractivity contribution in [1.29, 1.82) is 0 Å². The Balaban J connectivity index is 2.68. The van der Waals surface area contributed by atoms with E-state index in [0.717, 1.165) is 6.54 Å². The van der Waals surface area contributed by atoms with Crippen LogP contribution >= 0.6 is 0 Å². The zero-order valence-electron chi connectivity index (χ0n) is 13.1. The number of carbonyl (C=O) groups is 2. The number of carboxylic acid groups (broad SMARTS) is 1. The fraction of sp³-hybridized carbons (Fsp3) is 0.857. The van der Waals surface area contributed by atoms with E-state index < -0.39 is 12.0 Å². The number of urea groups is 1.